The number of carbonyl (C=O) groups excluding carboxylic acids is 1. The van der Waals surface area contributed by atoms with E-state index >= 15 is 0 Å². The van der Waals surface area contributed by atoms with Gasteiger partial charge in [0.25, 0.3) is 0 Å². The molecule has 0 fully saturated rings. The van der Waals surface area contributed by atoms with Crippen LogP contribution in [0.25, 0.3) is 0 Å². The molecule has 0 aliphatic rings. The molecule has 5 nitrogen and oxygen atoms in total. The zero-order valence-corrected chi connectivity index (χ0v) is 15.1. The first-order chi connectivity index (χ1) is 11.2. The van der Waals surface area contributed by atoms with Crippen molar-refractivity contribution in [3.05, 3.63) is 59.2 Å². The number of anilines is 1. The van der Waals surface area contributed by atoms with Gasteiger partial charge in [0.1, 0.15) is 0 Å². The molecule has 0 saturated carbocycles. The first-order valence-corrected chi connectivity index (χ1v) is 9.51. The number of rotatable bonds is 4. The van der Waals surface area contributed by atoms with E-state index in [2.05, 4.69) is 10.6 Å². The Hall–Kier alpha value is -2.34. The van der Waals surface area contributed by atoms with Crippen molar-refractivity contribution in [3.8, 4) is 0 Å². The molecule has 2 amide bonds. The van der Waals surface area contributed by atoms with Crippen molar-refractivity contribution in [3.63, 3.8) is 0 Å². The van der Waals surface area contributed by atoms with E-state index in [4.69, 9.17) is 0 Å². The summed E-state index contributed by atoms with van der Waals surface area (Å²) < 4.78 is 22.9. The molecule has 0 heterocycles. The Morgan fingerprint density at radius 1 is 1.04 bits per heavy atom. The second-order valence-corrected chi connectivity index (χ2v) is 8.00. The molecule has 2 aromatic carbocycles. The van der Waals surface area contributed by atoms with Crippen molar-refractivity contribution in [2.75, 3.05) is 11.6 Å². The number of hydrogen-bond acceptors (Lipinski definition) is 3. The average Bonchev–Trinajstić information content (AvgIpc) is 2.50. The number of urea groups is 1. The molecule has 0 saturated heterocycles. The van der Waals surface area contributed by atoms with E-state index in [0.717, 1.165) is 22.4 Å². The Bertz CT molecular complexity index is 843. The van der Waals surface area contributed by atoms with Crippen molar-refractivity contribution in [1.82, 2.24) is 5.32 Å². The summed E-state index contributed by atoms with van der Waals surface area (Å²) in [5.41, 5.74) is 3.66. The van der Waals surface area contributed by atoms with E-state index in [1.54, 1.807) is 24.3 Å². The quantitative estimate of drug-likeness (QED) is 0.888. The van der Waals surface area contributed by atoms with Gasteiger partial charge in [-0.05, 0) is 55.7 Å². The molecule has 0 aromatic heterocycles. The van der Waals surface area contributed by atoms with Crippen molar-refractivity contribution in [2.24, 2.45) is 0 Å². The topological polar surface area (TPSA) is 75.3 Å². The SMILES string of the molecule is Cc1ccc(C)c(NC(=O)NC(C)c2ccc(S(C)(=O)=O)cc2)c1. The Kier molecular flexibility index (Phi) is 5.29. The van der Waals surface area contributed by atoms with Gasteiger partial charge < -0.3 is 10.6 Å². The average molecular weight is 346 g/mol. The van der Waals surface area contributed by atoms with Crippen molar-refractivity contribution < 1.29 is 13.2 Å². The molecule has 1 atom stereocenters. The fourth-order valence-electron chi connectivity index (χ4n) is 2.31. The summed E-state index contributed by atoms with van der Waals surface area (Å²) in [6.45, 7) is 5.75. The van der Waals surface area contributed by atoms with E-state index in [1.165, 1.54) is 6.26 Å². The van der Waals surface area contributed by atoms with Crippen LogP contribution in [0.1, 0.15) is 29.7 Å². The summed E-state index contributed by atoms with van der Waals surface area (Å²) in [5, 5.41) is 5.69. The molecule has 0 radical (unpaired) electrons. The van der Waals surface area contributed by atoms with Crippen molar-refractivity contribution >= 4 is 21.6 Å². The fourth-order valence-corrected chi connectivity index (χ4v) is 2.94. The third kappa shape index (κ3) is 4.58. The molecular formula is C18H22N2O3S. The Balaban J connectivity index is 2.05. The summed E-state index contributed by atoms with van der Waals surface area (Å²) >= 11 is 0. The second kappa shape index (κ2) is 7.05. The molecule has 24 heavy (non-hydrogen) atoms. The number of aryl methyl sites for hydroxylation is 2. The van der Waals surface area contributed by atoms with Gasteiger partial charge in [0, 0.05) is 11.9 Å². The molecule has 128 valence electrons. The first kappa shape index (κ1) is 18.0. The van der Waals surface area contributed by atoms with E-state index in [0.29, 0.717) is 0 Å². The van der Waals surface area contributed by atoms with Crippen LogP contribution in [0.15, 0.2) is 47.4 Å². The first-order valence-electron chi connectivity index (χ1n) is 7.61. The van der Waals surface area contributed by atoms with Crippen LogP contribution in [0.3, 0.4) is 0 Å². The molecule has 2 rings (SSSR count). The molecule has 0 aliphatic carbocycles. The van der Waals surface area contributed by atoms with E-state index in [-0.39, 0.29) is 17.0 Å². The van der Waals surface area contributed by atoms with Gasteiger partial charge in [0.2, 0.25) is 0 Å². The summed E-state index contributed by atoms with van der Waals surface area (Å²) in [7, 11) is -3.22. The molecule has 1 unspecified atom stereocenters. The van der Waals surface area contributed by atoms with Crippen LogP contribution in [-0.4, -0.2) is 20.7 Å². The van der Waals surface area contributed by atoms with Crippen LogP contribution in [0.2, 0.25) is 0 Å². The summed E-state index contributed by atoms with van der Waals surface area (Å²) in [6.07, 6.45) is 1.17. The van der Waals surface area contributed by atoms with Gasteiger partial charge in [-0.1, -0.05) is 24.3 Å². The predicted octanol–water partition coefficient (Wildman–Crippen LogP) is 3.59. The van der Waals surface area contributed by atoms with E-state index in [9.17, 15) is 13.2 Å². The minimum atomic E-state index is -3.22. The van der Waals surface area contributed by atoms with Crippen molar-refractivity contribution in [1.29, 1.82) is 0 Å². The summed E-state index contributed by atoms with van der Waals surface area (Å²) in [5.74, 6) is 0. The maximum atomic E-state index is 12.2. The number of hydrogen-bond donors (Lipinski definition) is 2. The van der Waals surface area contributed by atoms with Gasteiger partial charge in [0.05, 0.1) is 10.9 Å². The number of nitrogens with one attached hydrogen (secondary N) is 2. The molecule has 2 N–H and O–H groups in total. The highest BCUT2D eigenvalue weighted by Gasteiger charge is 2.12. The number of amides is 2. The van der Waals surface area contributed by atoms with E-state index in [1.807, 2.05) is 39.0 Å². The van der Waals surface area contributed by atoms with Crippen LogP contribution in [-0.2, 0) is 9.84 Å². The number of sulfone groups is 1. The van der Waals surface area contributed by atoms with Gasteiger partial charge >= 0.3 is 6.03 Å². The Labute approximate surface area is 143 Å². The lowest BCUT2D eigenvalue weighted by molar-refractivity contribution is 0.249. The van der Waals surface area contributed by atoms with Gasteiger partial charge in [-0.2, -0.15) is 0 Å². The lowest BCUT2D eigenvalue weighted by atomic mass is 10.1. The molecule has 6 heteroatoms. The smallest absolute Gasteiger partial charge is 0.319 e. The van der Waals surface area contributed by atoms with Gasteiger partial charge in [0.15, 0.2) is 9.84 Å². The van der Waals surface area contributed by atoms with Crippen LogP contribution >= 0.6 is 0 Å². The monoisotopic (exact) mass is 346 g/mol. The van der Waals surface area contributed by atoms with Gasteiger partial charge in [-0.25, -0.2) is 13.2 Å². The summed E-state index contributed by atoms with van der Waals surface area (Å²) in [6, 6.07) is 11.8. The van der Waals surface area contributed by atoms with Crippen LogP contribution in [0.5, 0.6) is 0 Å². The zero-order chi connectivity index (χ0) is 17.9. The third-order valence-electron chi connectivity index (χ3n) is 3.80. The predicted molar refractivity (Wildman–Crippen MR) is 96.0 cm³/mol. The number of benzene rings is 2. The van der Waals surface area contributed by atoms with Crippen LogP contribution < -0.4 is 10.6 Å². The molecular weight excluding hydrogens is 324 g/mol. The molecule has 2 aromatic rings. The van der Waals surface area contributed by atoms with Gasteiger partial charge in [-0.15, -0.1) is 0 Å². The largest absolute Gasteiger partial charge is 0.331 e. The third-order valence-corrected chi connectivity index (χ3v) is 4.93. The highest BCUT2D eigenvalue weighted by atomic mass is 32.2. The standard InChI is InChI=1S/C18H22N2O3S/c1-12-5-6-13(2)17(11-12)20-18(21)19-14(3)15-7-9-16(10-8-15)24(4,22)23/h5-11,14H,1-4H3,(H2,19,20,21). The highest BCUT2D eigenvalue weighted by Crippen LogP contribution is 2.18. The summed E-state index contributed by atoms with van der Waals surface area (Å²) in [4.78, 5) is 12.4. The molecule has 0 aliphatic heterocycles. The maximum absolute atomic E-state index is 12.2. The van der Waals surface area contributed by atoms with Crippen LogP contribution in [0, 0.1) is 13.8 Å². The Morgan fingerprint density at radius 3 is 2.25 bits per heavy atom. The van der Waals surface area contributed by atoms with E-state index < -0.39 is 9.84 Å². The minimum absolute atomic E-state index is 0.247. The highest BCUT2D eigenvalue weighted by molar-refractivity contribution is 7.90. The number of carbonyl (C=O) groups is 1. The lowest BCUT2D eigenvalue weighted by Crippen LogP contribution is -2.31. The van der Waals surface area contributed by atoms with Gasteiger partial charge in [-0.3, -0.25) is 0 Å². The molecule has 0 spiro atoms. The van der Waals surface area contributed by atoms with Crippen molar-refractivity contribution in [2.45, 2.75) is 31.7 Å². The maximum Gasteiger partial charge on any atom is 0.319 e. The fraction of sp³-hybridized carbons (Fsp3) is 0.278. The minimum Gasteiger partial charge on any atom is -0.331 e. The lowest BCUT2D eigenvalue weighted by Gasteiger charge is -2.16. The second-order valence-electron chi connectivity index (χ2n) is 5.98. The normalized spacial score (nSPS) is 12.5. The van der Waals surface area contributed by atoms with Crippen LogP contribution in [0.4, 0.5) is 10.5 Å². The zero-order valence-electron chi connectivity index (χ0n) is 14.3. The molecule has 0 bridgehead atoms. The Morgan fingerprint density at radius 2 is 1.67 bits per heavy atom.